The maximum absolute atomic E-state index is 12.1. The van der Waals surface area contributed by atoms with E-state index in [2.05, 4.69) is 5.32 Å². The molecule has 0 atom stereocenters. The second-order valence-corrected chi connectivity index (χ2v) is 8.51. The molecular weight excluding hydrogens is 294 g/mol. The van der Waals surface area contributed by atoms with Crippen molar-refractivity contribution in [2.24, 2.45) is 0 Å². The molecule has 1 heterocycles. The molecule has 0 bridgehead atoms. The van der Waals surface area contributed by atoms with E-state index in [4.69, 9.17) is 10.7 Å². The molecule has 0 radical (unpaired) electrons. The van der Waals surface area contributed by atoms with Crippen LogP contribution >= 0.6 is 22.0 Å². The zero-order valence-electron chi connectivity index (χ0n) is 10.1. The maximum Gasteiger partial charge on any atom is 0.271 e. The first-order valence-corrected chi connectivity index (χ1v) is 8.77. The topological polar surface area (TPSA) is 63.2 Å². The van der Waals surface area contributed by atoms with Crippen LogP contribution in [-0.2, 0) is 9.05 Å². The van der Waals surface area contributed by atoms with Crippen molar-refractivity contribution in [1.82, 2.24) is 5.32 Å². The first-order chi connectivity index (χ1) is 8.23. The fourth-order valence-electron chi connectivity index (χ4n) is 2.04. The zero-order chi connectivity index (χ0) is 13.6. The minimum absolute atomic E-state index is 0.0491. The predicted octanol–water partition coefficient (Wildman–Crippen LogP) is 2.66. The van der Waals surface area contributed by atoms with E-state index in [-0.39, 0.29) is 15.7 Å². The average Bonchev–Trinajstić information content (AvgIpc) is 2.57. The summed E-state index contributed by atoms with van der Waals surface area (Å²) in [6.45, 7) is 3.60. The highest BCUT2D eigenvalue weighted by Gasteiger charge is 2.34. The van der Waals surface area contributed by atoms with Gasteiger partial charge in [0.15, 0.2) is 0 Å². The summed E-state index contributed by atoms with van der Waals surface area (Å²) in [4.78, 5) is 12.1. The number of rotatable bonds is 3. The zero-order valence-corrected chi connectivity index (χ0v) is 12.5. The molecule has 0 saturated heterocycles. The molecule has 1 N–H and O–H groups in total. The van der Waals surface area contributed by atoms with E-state index in [0.29, 0.717) is 11.1 Å². The fourth-order valence-corrected chi connectivity index (χ4v) is 4.59. The molecule has 4 nitrogen and oxygen atoms in total. The van der Waals surface area contributed by atoms with Gasteiger partial charge in [0.1, 0.15) is 4.21 Å². The van der Waals surface area contributed by atoms with Gasteiger partial charge < -0.3 is 5.32 Å². The van der Waals surface area contributed by atoms with Crippen LogP contribution in [0, 0.1) is 6.92 Å². The second kappa shape index (κ2) is 4.51. The summed E-state index contributed by atoms with van der Waals surface area (Å²) in [5.41, 5.74) is 0.675. The van der Waals surface area contributed by atoms with Gasteiger partial charge in [0, 0.05) is 21.6 Å². The van der Waals surface area contributed by atoms with Gasteiger partial charge in [-0.1, -0.05) is 0 Å². The monoisotopic (exact) mass is 307 g/mol. The Morgan fingerprint density at radius 1 is 1.50 bits per heavy atom. The van der Waals surface area contributed by atoms with E-state index in [0.717, 1.165) is 30.6 Å². The molecule has 2 rings (SSSR count). The lowest BCUT2D eigenvalue weighted by atomic mass is 9.78. The van der Waals surface area contributed by atoms with Crippen LogP contribution < -0.4 is 5.32 Å². The number of hydrogen-bond acceptors (Lipinski definition) is 4. The molecule has 1 aromatic heterocycles. The second-order valence-electron chi connectivity index (χ2n) is 4.87. The van der Waals surface area contributed by atoms with E-state index in [1.165, 1.54) is 0 Å². The van der Waals surface area contributed by atoms with Gasteiger partial charge in [-0.15, -0.1) is 11.3 Å². The fraction of sp³-hybridized carbons (Fsp3) is 0.545. The first-order valence-electron chi connectivity index (χ1n) is 5.58. The van der Waals surface area contributed by atoms with E-state index in [1.807, 2.05) is 6.92 Å². The molecule has 1 aromatic rings. The molecule has 0 unspecified atom stereocenters. The van der Waals surface area contributed by atoms with Crippen LogP contribution in [-0.4, -0.2) is 19.9 Å². The van der Waals surface area contributed by atoms with Gasteiger partial charge in [-0.05, 0) is 38.7 Å². The summed E-state index contributed by atoms with van der Waals surface area (Å²) >= 11 is 0.982. The molecule has 0 spiro atoms. The van der Waals surface area contributed by atoms with E-state index >= 15 is 0 Å². The lowest BCUT2D eigenvalue weighted by molar-refractivity contribution is 0.0850. The number of nitrogens with one attached hydrogen (secondary N) is 1. The van der Waals surface area contributed by atoms with Crippen molar-refractivity contribution in [2.75, 3.05) is 0 Å². The summed E-state index contributed by atoms with van der Waals surface area (Å²) in [5, 5.41) is 4.49. The minimum atomic E-state index is -3.77. The third kappa shape index (κ3) is 2.55. The number of carbonyl (C=O) groups is 1. The van der Waals surface area contributed by atoms with Crippen LogP contribution in [0.15, 0.2) is 9.59 Å². The van der Waals surface area contributed by atoms with Gasteiger partial charge in [-0.2, -0.15) is 0 Å². The number of carbonyl (C=O) groups excluding carboxylic acids is 1. The quantitative estimate of drug-likeness (QED) is 0.873. The summed E-state index contributed by atoms with van der Waals surface area (Å²) < 4.78 is 22.6. The molecule has 1 aliphatic rings. The van der Waals surface area contributed by atoms with Crippen molar-refractivity contribution in [3.8, 4) is 0 Å². The standard InChI is InChI=1S/C11H14ClNO3S2/c1-7-8(6-17-10(7)18(12,15)16)9(14)13-11(2)4-3-5-11/h6H,3-5H2,1-2H3,(H,13,14). The third-order valence-electron chi connectivity index (χ3n) is 3.33. The highest BCUT2D eigenvalue weighted by molar-refractivity contribution is 8.15. The molecule has 0 aliphatic heterocycles. The maximum atomic E-state index is 12.1. The van der Waals surface area contributed by atoms with Crippen LogP contribution in [0.25, 0.3) is 0 Å². The van der Waals surface area contributed by atoms with Gasteiger partial charge in [-0.3, -0.25) is 4.79 Å². The first kappa shape index (κ1) is 13.8. The predicted molar refractivity (Wildman–Crippen MR) is 71.8 cm³/mol. The van der Waals surface area contributed by atoms with Crippen molar-refractivity contribution < 1.29 is 13.2 Å². The van der Waals surface area contributed by atoms with Crippen LogP contribution in [0.5, 0.6) is 0 Å². The number of amides is 1. The highest BCUT2D eigenvalue weighted by Crippen LogP contribution is 2.33. The Labute approximate surface area is 115 Å². The Bertz CT molecular complexity index is 587. The third-order valence-corrected chi connectivity index (χ3v) is 6.64. The van der Waals surface area contributed by atoms with E-state index in [9.17, 15) is 13.2 Å². The van der Waals surface area contributed by atoms with Crippen molar-refractivity contribution >= 4 is 37.0 Å². The smallest absolute Gasteiger partial charge is 0.271 e. The van der Waals surface area contributed by atoms with Crippen molar-refractivity contribution in [2.45, 2.75) is 42.9 Å². The number of hydrogen-bond donors (Lipinski definition) is 1. The molecule has 1 fully saturated rings. The van der Waals surface area contributed by atoms with Crippen LogP contribution in [0.4, 0.5) is 0 Å². The van der Waals surface area contributed by atoms with Gasteiger partial charge in [0.25, 0.3) is 15.0 Å². The van der Waals surface area contributed by atoms with E-state index < -0.39 is 9.05 Å². The summed E-state index contributed by atoms with van der Waals surface area (Å²) in [7, 11) is 1.53. The van der Waals surface area contributed by atoms with Gasteiger partial charge >= 0.3 is 0 Å². The minimum Gasteiger partial charge on any atom is -0.347 e. The Morgan fingerprint density at radius 2 is 2.11 bits per heavy atom. The Hall–Kier alpha value is -0.590. The summed E-state index contributed by atoms with van der Waals surface area (Å²) in [6.07, 6.45) is 3.03. The van der Waals surface area contributed by atoms with Crippen LogP contribution in [0.2, 0.25) is 0 Å². The molecule has 1 amide bonds. The van der Waals surface area contributed by atoms with Crippen molar-refractivity contribution in [1.29, 1.82) is 0 Å². The summed E-state index contributed by atoms with van der Waals surface area (Å²) in [5.74, 6) is -0.225. The Balaban J connectivity index is 2.24. The number of thiophene rings is 1. The molecule has 7 heteroatoms. The highest BCUT2D eigenvalue weighted by atomic mass is 35.7. The average molecular weight is 308 g/mol. The lowest BCUT2D eigenvalue weighted by Crippen LogP contribution is -2.50. The number of halogens is 1. The van der Waals surface area contributed by atoms with Crippen molar-refractivity contribution in [3.05, 3.63) is 16.5 Å². The van der Waals surface area contributed by atoms with Gasteiger partial charge in [0.2, 0.25) is 0 Å². The van der Waals surface area contributed by atoms with Gasteiger partial charge in [-0.25, -0.2) is 8.42 Å². The Morgan fingerprint density at radius 3 is 2.50 bits per heavy atom. The lowest BCUT2D eigenvalue weighted by Gasteiger charge is -2.39. The molecular formula is C11H14ClNO3S2. The van der Waals surface area contributed by atoms with E-state index in [1.54, 1.807) is 12.3 Å². The molecule has 100 valence electrons. The van der Waals surface area contributed by atoms with Crippen LogP contribution in [0.3, 0.4) is 0 Å². The molecule has 18 heavy (non-hydrogen) atoms. The van der Waals surface area contributed by atoms with Gasteiger partial charge in [0.05, 0.1) is 5.56 Å². The molecule has 1 saturated carbocycles. The Kier molecular flexibility index (Phi) is 3.46. The SMILES string of the molecule is Cc1c(C(=O)NC2(C)CCC2)csc1S(=O)(=O)Cl. The molecule has 1 aliphatic carbocycles. The van der Waals surface area contributed by atoms with Crippen LogP contribution in [0.1, 0.15) is 42.1 Å². The largest absolute Gasteiger partial charge is 0.347 e. The van der Waals surface area contributed by atoms with Crippen molar-refractivity contribution in [3.63, 3.8) is 0 Å². The molecule has 0 aromatic carbocycles. The normalized spacial score (nSPS) is 18.2. The summed E-state index contributed by atoms with van der Waals surface area (Å²) in [6, 6.07) is 0.